The van der Waals surface area contributed by atoms with Crippen LogP contribution in [0.3, 0.4) is 0 Å². The van der Waals surface area contributed by atoms with Crippen molar-refractivity contribution in [2.75, 3.05) is 13.6 Å². The summed E-state index contributed by atoms with van der Waals surface area (Å²) in [7, 11) is 2.20. The number of hydrogen-bond donors (Lipinski definition) is 2. The Morgan fingerprint density at radius 3 is 3.00 bits per heavy atom. The molecule has 2 N–H and O–H groups in total. The number of rotatable bonds is 3. The maximum absolute atomic E-state index is 11.0. The van der Waals surface area contributed by atoms with Crippen LogP contribution in [0.1, 0.15) is 32.1 Å². The van der Waals surface area contributed by atoms with Gasteiger partial charge in [-0.1, -0.05) is 24.3 Å². The second-order valence-electron chi connectivity index (χ2n) is 8.63. The average molecular weight is 353 g/mol. The van der Waals surface area contributed by atoms with Gasteiger partial charge in [-0.3, -0.25) is 0 Å². The first-order valence-electron chi connectivity index (χ1n) is 9.83. The lowest BCUT2D eigenvalue weighted by atomic mass is 9.50. The van der Waals surface area contributed by atoms with Crippen molar-refractivity contribution in [3.05, 3.63) is 35.5 Å². The Labute approximate surface area is 155 Å². The summed E-state index contributed by atoms with van der Waals surface area (Å²) in [5, 5.41) is 21.8. The molecule has 138 valence electrons. The van der Waals surface area contributed by atoms with Gasteiger partial charge in [-0.2, -0.15) is 0 Å². The zero-order chi connectivity index (χ0) is 18.1. The molecule has 3 aliphatic carbocycles. The molecule has 2 heterocycles. The van der Waals surface area contributed by atoms with Crippen LogP contribution in [0.25, 0.3) is 0 Å². The summed E-state index contributed by atoms with van der Waals surface area (Å²) in [6.07, 6.45) is 16.2. The van der Waals surface area contributed by atoms with E-state index in [1.165, 1.54) is 11.1 Å². The number of piperidine rings is 1. The largest absolute Gasteiger partial charge is 0.386 e. The summed E-state index contributed by atoms with van der Waals surface area (Å²) < 4.78 is 6.67. The first kappa shape index (κ1) is 16.8. The number of aliphatic hydroxyl groups is 2. The Bertz CT molecular complexity index is 762. The van der Waals surface area contributed by atoms with Crippen molar-refractivity contribution in [1.29, 1.82) is 0 Å². The van der Waals surface area contributed by atoms with E-state index >= 15 is 0 Å². The summed E-state index contributed by atoms with van der Waals surface area (Å²) in [6, 6.07) is 0.429. The molecule has 5 aliphatic rings. The third-order valence-corrected chi connectivity index (χ3v) is 7.59. The zero-order valence-corrected chi connectivity index (χ0v) is 15.3. The van der Waals surface area contributed by atoms with Crippen LogP contribution in [0.4, 0.5) is 0 Å². The number of hydrogen-bond acceptors (Lipinski definition) is 4. The summed E-state index contributed by atoms with van der Waals surface area (Å²) >= 11 is 0. The topological polar surface area (TPSA) is 52.9 Å². The lowest BCUT2D eigenvalue weighted by molar-refractivity contribution is -0.143. The highest BCUT2D eigenvalue weighted by Crippen LogP contribution is 2.67. The normalized spacial score (nSPS) is 48.5. The van der Waals surface area contributed by atoms with E-state index in [2.05, 4.69) is 30.0 Å². The maximum atomic E-state index is 11.0. The van der Waals surface area contributed by atoms with Crippen LogP contribution < -0.4 is 0 Å². The molecule has 1 spiro atoms. The minimum Gasteiger partial charge on any atom is -0.386 e. The summed E-state index contributed by atoms with van der Waals surface area (Å²) in [6.45, 7) is 0.999. The van der Waals surface area contributed by atoms with Crippen LogP contribution in [0.5, 0.6) is 0 Å². The van der Waals surface area contributed by atoms with E-state index in [-0.39, 0.29) is 11.5 Å². The van der Waals surface area contributed by atoms with Gasteiger partial charge in [-0.05, 0) is 50.4 Å². The molecule has 7 atom stereocenters. The SMILES string of the molecule is C#CCCCC12O[C@H]3[C@@H](O)C=C[C@H]4[C@H]5CC(=C1[C@]43CCN5C)C=CC2O. The summed E-state index contributed by atoms with van der Waals surface area (Å²) in [5.74, 6) is 3.05. The minimum absolute atomic E-state index is 0.194. The molecule has 5 rings (SSSR count). The molecule has 4 heteroatoms. The van der Waals surface area contributed by atoms with E-state index in [9.17, 15) is 10.2 Å². The molecule has 26 heavy (non-hydrogen) atoms. The van der Waals surface area contributed by atoms with Gasteiger partial charge in [-0.15, -0.1) is 12.3 Å². The number of allylic oxidation sites excluding steroid dienone is 1. The maximum Gasteiger partial charge on any atom is 0.120 e. The number of terminal acetylenes is 1. The van der Waals surface area contributed by atoms with E-state index in [0.717, 1.165) is 25.8 Å². The average Bonchev–Trinajstić information content (AvgIpc) is 2.94. The van der Waals surface area contributed by atoms with Gasteiger partial charge in [0.25, 0.3) is 0 Å². The van der Waals surface area contributed by atoms with Crippen molar-refractivity contribution in [1.82, 2.24) is 4.90 Å². The highest BCUT2D eigenvalue weighted by molar-refractivity contribution is 5.53. The molecule has 0 amide bonds. The van der Waals surface area contributed by atoms with Gasteiger partial charge in [-0.25, -0.2) is 0 Å². The Hall–Kier alpha value is -1.38. The Morgan fingerprint density at radius 2 is 2.19 bits per heavy atom. The predicted octanol–water partition coefficient (Wildman–Crippen LogP) is 1.80. The molecule has 2 bridgehead atoms. The first-order chi connectivity index (χ1) is 12.5. The molecule has 0 aromatic heterocycles. The van der Waals surface area contributed by atoms with Gasteiger partial charge in [0.15, 0.2) is 0 Å². The number of ether oxygens (including phenoxy) is 1. The molecule has 2 aliphatic heterocycles. The molecule has 0 saturated carbocycles. The molecule has 0 aromatic carbocycles. The number of unbranched alkanes of at least 4 members (excludes halogenated alkanes) is 1. The van der Waals surface area contributed by atoms with Crippen molar-refractivity contribution in [2.24, 2.45) is 11.3 Å². The fraction of sp³-hybridized carbons (Fsp3) is 0.636. The van der Waals surface area contributed by atoms with E-state index in [4.69, 9.17) is 11.2 Å². The van der Waals surface area contributed by atoms with E-state index in [1.807, 2.05) is 12.2 Å². The Kier molecular flexibility index (Phi) is 3.59. The van der Waals surface area contributed by atoms with Gasteiger partial charge in [0, 0.05) is 23.8 Å². The van der Waals surface area contributed by atoms with Crippen molar-refractivity contribution in [2.45, 2.75) is 62.1 Å². The van der Waals surface area contributed by atoms with Gasteiger partial charge in [0.1, 0.15) is 11.7 Å². The highest BCUT2D eigenvalue weighted by Gasteiger charge is 2.70. The van der Waals surface area contributed by atoms with Crippen molar-refractivity contribution < 1.29 is 14.9 Å². The van der Waals surface area contributed by atoms with Crippen molar-refractivity contribution in [3.8, 4) is 12.3 Å². The van der Waals surface area contributed by atoms with Crippen molar-refractivity contribution >= 4 is 0 Å². The second kappa shape index (κ2) is 5.56. The molecule has 4 nitrogen and oxygen atoms in total. The zero-order valence-electron chi connectivity index (χ0n) is 15.3. The molecule has 2 unspecified atom stereocenters. The lowest BCUT2D eigenvalue weighted by Gasteiger charge is -2.58. The quantitative estimate of drug-likeness (QED) is 0.461. The molecular weight excluding hydrogens is 326 g/mol. The van der Waals surface area contributed by atoms with Gasteiger partial charge in [0.05, 0.1) is 12.2 Å². The minimum atomic E-state index is -0.724. The lowest BCUT2D eigenvalue weighted by Crippen LogP contribution is -2.62. The van der Waals surface area contributed by atoms with Gasteiger partial charge in [0.2, 0.25) is 0 Å². The number of nitrogens with zero attached hydrogens (tertiary/aromatic N) is 1. The Morgan fingerprint density at radius 1 is 1.35 bits per heavy atom. The molecule has 0 radical (unpaired) electrons. The van der Waals surface area contributed by atoms with Crippen LogP contribution in [0.15, 0.2) is 35.5 Å². The van der Waals surface area contributed by atoms with Crippen LogP contribution in [-0.4, -0.2) is 58.7 Å². The smallest absolute Gasteiger partial charge is 0.120 e. The third-order valence-electron chi connectivity index (χ3n) is 7.59. The predicted molar refractivity (Wildman–Crippen MR) is 99.2 cm³/mol. The van der Waals surface area contributed by atoms with E-state index in [1.54, 1.807) is 0 Å². The molecule has 0 aromatic rings. The Balaban J connectivity index is 1.70. The number of likely N-dealkylation sites (tertiary alicyclic amines) is 1. The second-order valence-corrected chi connectivity index (χ2v) is 8.63. The summed E-state index contributed by atoms with van der Waals surface area (Å²) in [4.78, 5) is 2.45. The fourth-order valence-electron chi connectivity index (χ4n) is 6.57. The summed E-state index contributed by atoms with van der Waals surface area (Å²) in [5.41, 5.74) is 1.67. The standard InChI is InChI=1S/C22H27NO3/c1-3-4-5-10-22-18(25)9-6-14-13-16-15-7-8-17(24)20(26-22)21(15,19(14)22)11-12-23(16)2/h1,6-9,15-18,20,24-25H,4-5,10-13H2,2H3/t15-,16+,17-,18?,20-,21-,22?/m0/s1. The van der Waals surface area contributed by atoms with Crippen LogP contribution >= 0.6 is 0 Å². The van der Waals surface area contributed by atoms with Crippen LogP contribution in [0.2, 0.25) is 0 Å². The van der Waals surface area contributed by atoms with E-state index < -0.39 is 17.8 Å². The van der Waals surface area contributed by atoms with Gasteiger partial charge >= 0.3 is 0 Å². The molecule has 2 saturated heterocycles. The highest BCUT2D eigenvalue weighted by atomic mass is 16.5. The van der Waals surface area contributed by atoms with E-state index in [0.29, 0.717) is 24.8 Å². The third kappa shape index (κ3) is 1.85. The monoisotopic (exact) mass is 353 g/mol. The van der Waals surface area contributed by atoms with Gasteiger partial charge < -0.3 is 19.8 Å². The van der Waals surface area contributed by atoms with Crippen molar-refractivity contribution in [3.63, 3.8) is 0 Å². The molecular formula is C22H27NO3. The molecule has 2 fully saturated rings. The number of aliphatic hydroxyl groups excluding tert-OH is 2. The first-order valence-corrected chi connectivity index (χ1v) is 9.83. The van der Waals surface area contributed by atoms with Crippen LogP contribution in [0, 0.1) is 23.7 Å². The fourth-order valence-corrected chi connectivity index (χ4v) is 6.57. The van der Waals surface area contributed by atoms with Crippen LogP contribution in [-0.2, 0) is 4.74 Å².